The molecule has 1 aliphatic rings. The Kier molecular flexibility index (Phi) is 2.98. The lowest BCUT2D eigenvalue weighted by molar-refractivity contribution is 0.0783. The van der Waals surface area contributed by atoms with Crippen molar-refractivity contribution in [2.24, 2.45) is 0 Å². The van der Waals surface area contributed by atoms with Gasteiger partial charge in [-0.3, -0.25) is 9.89 Å². The van der Waals surface area contributed by atoms with Crippen molar-refractivity contribution in [3.8, 4) is 0 Å². The van der Waals surface area contributed by atoms with E-state index in [9.17, 15) is 4.79 Å². The van der Waals surface area contributed by atoms with Gasteiger partial charge in [0.1, 0.15) is 0 Å². The number of hydrogen-bond acceptors (Lipinski definition) is 3. The monoisotopic (exact) mass is 258 g/mol. The summed E-state index contributed by atoms with van der Waals surface area (Å²) in [7, 11) is 4.13. The number of carbonyl (C=O) groups excluding carboxylic acids is 1. The number of rotatable bonds is 2. The molecule has 1 aliphatic heterocycles. The zero-order valence-electron chi connectivity index (χ0n) is 11.3. The van der Waals surface area contributed by atoms with Crippen LogP contribution in [0.1, 0.15) is 16.8 Å². The van der Waals surface area contributed by atoms with E-state index in [0.29, 0.717) is 6.04 Å². The van der Waals surface area contributed by atoms with E-state index >= 15 is 0 Å². The van der Waals surface area contributed by atoms with Crippen molar-refractivity contribution < 1.29 is 4.79 Å². The maximum atomic E-state index is 12.5. The smallest absolute Gasteiger partial charge is 0.253 e. The van der Waals surface area contributed by atoms with E-state index in [-0.39, 0.29) is 5.91 Å². The lowest BCUT2D eigenvalue weighted by Gasteiger charge is -2.20. The van der Waals surface area contributed by atoms with Gasteiger partial charge in [-0.05, 0) is 38.7 Å². The summed E-state index contributed by atoms with van der Waals surface area (Å²) < 4.78 is 0. The van der Waals surface area contributed by atoms with Crippen LogP contribution in [0.4, 0.5) is 0 Å². The van der Waals surface area contributed by atoms with Gasteiger partial charge in [0, 0.05) is 30.1 Å². The molecule has 2 heterocycles. The highest BCUT2D eigenvalue weighted by Gasteiger charge is 2.28. The van der Waals surface area contributed by atoms with Gasteiger partial charge in [0.15, 0.2) is 0 Å². The maximum Gasteiger partial charge on any atom is 0.253 e. The molecule has 5 nitrogen and oxygen atoms in total. The third-order valence-electron chi connectivity index (χ3n) is 3.87. The van der Waals surface area contributed by atoms with Crippen LogP contribution in [-0.4, -0.2) is 59.1 Å². The Labute approximate surface area is 112 Å². The summed E-state index contributed by atoms with van der Waals surface area (Å²) in [5.41, 5.74) is 1.71. The topological polar surface area (TPSA) is 52.2 Å². The molecule has 0 saturated carbocycles. The lowest BCUT2D eigenvalue weighted by Crippen LogP contribution is -2.34. The molecule has 1 fully saturated rings. The Hall–Kier alpha value is -1.88. The summed E-state index contributed by atoms with van der Waals surface area (Å²) in [4.78, 5) is 16.6. The molecule has 0 unspecified atom stereocenters. The number of likely N-dealkylation sites (tertiary alicyclic amines) is 1. The molecule has 2 aromatic rings. The second-order valence-corrected chi connectivity index (χ2v) is 5.33. The zero-order valence-corrected chi connectivity index (χ0v) is 11.3. The van der Waals surface area contributed by atoms with Crippen molar-refractivity contribution in [2.75, 3.05) is 27.2 Å². The number of carbonyl (C=O) groups is 1. The molecule has 5 heteroatoms. The first kappa shape index (κ1) is 12.2. The molecule has 1 amide bonds. The Morgan fingerprint density at radius 1 is 1.47 bits per heavy atom. The van der Waals surface area contributed by atoms with Gasteiger partial charge in [-0.2, -0.15) is 5.10 Å². The summed E-state index contributed by atoms with van der Waals surface area (Å²) in [5, 5.41) is 7.85. The molecule has 0 spiro atoms. The van der Waals surface area contributed by atoms with Crippen molar-refractivity contribution in [3.05, 3.63) is 30.0 Å². The van der Waals surface area contributed by atoms with Crippen molar-refractivity contribution in [2.45, 2.75) is 12.5 Å². The van der Waals surface area contributed by atoms with Gasteiger partial charge in [-0.1, -0.05) is 0 Å². The molecule has 0 radical (unpaired) electrons. The first-order valence-electron chi connectivity index (χ1n) is 6.54. The third-order valence-corrected chi connectivity index (χ3v) is 3.87. The molecule has 1 atom stereocenters. The summed E-state index contributed by atoms with van der Waals surface area (Å²) in [6.07, 6.45) is 2.80. The molecule has 19 heavy (non-hydrogen) atoms. The highest BCUT2D eigenvalue weighted by atomic mass is 16.2. The number of hydrogen-bond donors (Lipinski definition) is 1. The summed E-state index contributed by atoms with van der Waals surface area (Å²) in [6, 6.07) is 6.16. The quantitative estimate of drug-likeness (QED) is 0.884. The molecule has 100 valence electrons. The van der Waals surface area contributed by atoms with Gasteiger partial charge in [-0.15, -0.1) is 0 Å². The number of amides is 1. The van der Waals surface area contributed by atoms with Crippen molar-refractivity contribution in [1.29, 1.82) is 0 Å². The van der Waals surface area contributed by atoms with Gasteiger partial charge in [0.25, 0.3) is 5.91 Å². The number of likely N-dealkylation sites (N-methyl/N-ethyl adjacent to an activating group) is 1. The van der Waals surface area contributed by atoms with Crippen LogP contribution < -0.4 is 0 Å². The van der Waals surface area contributed by atoms with Gasteiger partial charge < -0.3 is 9.80 Å². The lowest BCUT2D eigenvalue weighted by atomic mass is 10.1. The number of aromatic nitrogens is 2. The van der Waals surface area contributed by atoms with E-state index in [1.807, 2.05) is 23.1 Å². The van der Waals surface area contributed by atoms with Crippen LogP contribution >= 0.6 is 0 Å². The van der Waals surface area contributed by atoms with Crippen LogP contribution in [0.15, 0.2) is 24.4 Å². The van der Waals surface area contributed by atoms with E-state index in [2.05, 4.69) is 29.2 Å². The van der Waals surface area contributed by atoms with E-state index in [4.69, 9.17) is 0 Å². The minimum absolute atomic E-state index is 0.118. The molecule has 1 aromatic carbocycles. The van der Waals surface area contributed by atoms with Gasteiger partial charge in [-0.25, -0.2) is 0 Å². The van der Waals surface area contributed by atoms with Crippen LogP contribution in [0.3, 0.4) is 0 Å². The molecule has 1 aromatic heterocycles. The number of fused-ring (bicyclic) bond motifs is 1. The Morgan fingerprint density at radius 3 is 3.05 bits per heavy atom. The molecular weight excluding hydrogens is 240 g/mol. The highest BCUT2D eigenvalue weighted by Crippen LogP contribution is 2.19. The molecular formula is C14H18N4O. The van der Waals surface area contributed by atoms with Crippen LogP contribution in [0, 0.1) is 0 Å². The van der Waals surface area contributed by atoms with E-state index in [0.717, 1.165) is 36.0 Å². The van der Waals surface area contributed by atoms with Gasteiger partial charge in [0.2, 0.25) is 0 Å². The van der Waals surface area contributed by atoms with Crippen LogP contribution in [0.25, 0.3) is 10.9 Å². The highest BCUT2D eigenvalue weighted by molar-refractivity contribution is 5.98. The van der Waals surface area contributed by atoms with Crippen LogP contribution in [0.2, 0.25) is 0 Å². The van der Waals surface area contributed by atoms with Crippen LogP contribution in [0.5, 0.6) is 0 Å². The molecule has 3 rings (SSSR count). The largest absolute Gasteiger partial charge is 0.337 e. The molecule has 1 N–H and O–H groups in total. The fourth-order valence-electron chi connectivity index (χ4n) is 2.61. The Balaban J connectivity index is 1.80. The zero-order chi connectivity index (χ0) is 13.4. The SMILES string of the molecule is CN(C)[C@H]1CCN(C(=O)c2ccc3[nH]ncc3c2)C1. The normalized spacial score (nSPS) is 19.5. The maximum absolute atomic E-state index is 12.5. The van der Waals surface area contributed by atoms with Crippen molar-refractivity contribution in [3.63, 3.8) is 0 Å². The third kappa shape index (κ3) is 2.21. The standard InChI is InChI=1S/C14H18N4O/c1-17(2)12-5-6-18(9-12)14(19)10-3-4-13-11(7-10)8-15-16-13/h3-4,7-8,12H,5-6,9H2,1-2H3,(H,15,16)/t12-/m0/s1. The minimum atomic E-state index is 0.118. The van der Waals surface area contributed by atoms with Gasteiger partial charge >= 0.3 is 0 Å². The number of H-pyrrole nitrogens is 1. The first-order valence-corrected chi connectivity index (χ1v) is 6.54. The van der Waals surface area contributed by atoms with Crippen LogP contribution in [-0.2, 0) is 0 Å². The Morgan fingerprint density at radius 2 is 2.32 bits per heavy atom. The van der Waals surface area contributed by atoms with E-state index in [1.165, 1.54) is 0 Å². The average Bonchev–Trinajstić information content (AvgIpc) is 3.06. The summed E-state index contributed by atoms with van der Waals surface area (Å²) in [5.74, 6) is 0.118. The fourth-order valence-corrected chi connectivity index (χ4v) is 2.61. The second-order valence-electron chi connectivity index (χ2n) is 5.33. The first-order chi connectivity index (χ1) is 9.15. The predicted octanol–water partition coefficient (Wildman–Crippen LogP) is 1.34. The summed E-state index contributed by atoms with van der Waals surface area (Å²) in [6.45, 7) is 1.65. The number of benzene rings is 1. The predicted molar refractivity (Wildman–Crippen MR) is 74.1 cm³/mol. The van der Waals surface area contributed by atoms with Crippen molar-refractivity contribution in [1.82, 2.24) is 20.0 Å². The second kappa shape index (κ2) is 4.66. The number of aromatic amines is 1. The minimum Gasteiger partial charge on any atom is -0.337 e. The number of nitrogens with one attached hydrogen (secondary N) is 1. The number of nitrogens with zero attached hydrogens (tertiary/aromatic N) is 3. The Bertz CT molecular complexity index is 604. The van der Waals surface area contributed by atoms with E-state index < -0.39 is 0 Å². The summed E-state index contributed by atoms with van der Waals surface area (Å²) >= 11 is 0. The fraction of sp³-hybridized carbons (Fsp3) is 0.429. The van der Waals surface area contributed by atoms with Gasteiger partial charge in [0.05, 0.1) is 11.7 Å². The van der Waals surface area contributed by atoms with E-state index in [1.54, 1.807) is 6.20 Å². The molecule has 1 saturated heterocycles. The molecule has 0 aliphatic carbocycles. The average molecular weight is 258 g/mol. The molecule has 0 bridgehead atoms. The van der Waals surface area contributed by atoms with Crippen molar-refractivity contribution >= 4 is 16.8 Å².